The quantitative estimate of drug-likeness (QED) is 0.220. The summed E-state index contributed by atoms with van der Waals surface area (Å²) in [6, 6.07) is 35.8. The molecule has 0 saturated heterocycles. The first-order chi connectivity index (χ1) is 12.8. The maximum atomic E-state index is 6.45. The maximum Gasteiger partial charge on any atom is 4.00 e. The Labute approximate surface area is 208 Å². The maximum absolute atomic E-state index is 6.45. The summed E-state index contributed by atoms with van der Waals surface area (Å²) in [5.41, 5.74) is 6.45. The molecule has 0 saturated carbocycles. The summed E-state index contributed by atoms with van der Waals surface area (Å²) in [5, 5.41) is 5.46. The smallest absolute Gasteiger partial charge is 1.00 e. The van der Waals surface area contributed by atoms with E-state index in [1.165, 1.54) is 21.1 Å². The first kappa shape index (κ1) is 30.1. The van der Waals surface area contributed by atoms with Crippen LogP contribution >= 0.6 is 0 Å². The fourth-order valence-corrected chi connectivity index (χ4v) is 3.33. The van der Waals surface area contributed by atoms with Crippen molar-refractivity contribution in [1.82, 2.24) is 0 Å². The van der Waals surface area contributed by atoms with E-state index in [2.05, 4.69) is 103 Å². The third-order valence-corrected chi connectivity index (χ3v) is 4.88. The molecule has 0 aromatic heterocycles. The van der Waals surface area contributed by atoms with Gasteiger partial charge in [-0.15, -0.1) is 29.7 Å². The molecule has 0 aliphatic carbocycles. The zero-order valence-corrected chi connectivity index (χ0v) is 22.6. The van der Waals surface area contributed by atoms with E-state index in [0.717, 1.165) is 15.9 Å². The van der Waals surface area contributed by atoms with Gasteiger partial charge in [0.2, 0.25) is 0 Å². The van der Waals surface area contributed by atoms with Crippen molar-refractivity contribution in [2.75, 3.05) is 6.54 Å². The van der Waals surface area contributed by atoms with Crippen molar-refractivity contribution in [2.24, 2.45) is 0 Å². The van der Waals surface area contributed by atoms with Crippen molar-refractivity contribution in [2.45, 2.75) is 13.3 Å². The van der Waals surface area contributed by atoms with Crippen LogP contribution < -0.4 is 35.2 Å². The molecular weight excluding hydrogens is 580 g/mol. The van der Waals surface area contributed by atoms with E-state index in [1.807, 2.05) is 6.92 Å². The Balaban J connectivity index is 0. The van der Waals surface area contributed by atoms with Gasteiger partial charge in [-0.25, -0.2) is 0 Å². The minimum atomic E-state index is 0. The molecule has 2 radical (unpaired) electrons. The molecule has 29 heavy (non-hydrogen) atoms. The standard InChI is InChI=1S/C12H10Si.C9H7.C3H8N.2ClH.Hf/c1-3-7-11(8-4-1)13-12-9-5-2-6-10-12;1-2-5-9-7-3-6-8(9)4-1;1-2-3-4;;;/h1-10H;1-7H;4H,2-3H2,1H3;2*1H;/q;2*-1;;;+4/p-2. The Morgan fingerprint density at radius 2 is 1.17 bits per heavy atom. The molecule has 0 spiro atoms. The molecule has 0 amide bonds. The second-order valence-corrected chi connectivity index (χ2v) is 7.17. The van der Waals surface area contributed by atoms with Crippen LogP contribution in [-0.2, 0) is 25.8 Å². The van der Waals surface area contributed by atoms with E-state index in [0.29, 0.717) is 6.54 Å². The van der Waals surface area contributed by atoms with Gasteiger partial charge in [-0.05, 0) is 0 Å². The predicted molar refractivity (Wildman–Crippen MR) is 117 cm³/mol. The van der Waals surface area contributed by atoms with E-state index in [-0.39, 0.29) is 50.7 Å². The van der Waals surface area contributed by atoms with Crippen molar-refractivity contribution < 1.29 is 50.7 Å². The fraction of sp³-hybridized carbons (Fsp3) is 0.125. The summed E-state index contributed by atoms with van der Waals surface area (Å²) < 4.78 is 0. The minimum Gasteiger partial charge on any atom is -1.00 e. The van der Waals surface area contributed by atoms with Gasteiger partial charge in [-0.2, -0.15) is 24.1 Å². The molecule has 1 nitrogen and oxygen atoms in total. The molecule has 0 bridgehead atoms. The number of rotatable bonds is 3. The van der Waals surface area contributed by atoms with Crippen LogP contribution in [0.4, 0.5) is 0 Å². The second kappa shape index (κ2) is 18.9. The Kier molecular flexibility index (Phi) is 19.6. The van der Waals surface area contributed by atoms with Crippen molar-refractivity contribution in [3.8, 4) is 0 Å². The Hall–Kier alpha value is -1.10. The van der Waals surface area contributed by atoms with Crippen molar-refractivity contribution in [3.63, 3.8) is 0 Å². The number of hydrogen-bond donors (Lipinski definition) is 0. The zero-order valence-electron chi connectivity index (χ0n) is 16.5. The van der Waals surface area contributed by atoms with Crippen LogP contribution in [0.2, 0.25) is 0 Å². The monoisotopic (exact) mass is 605 g/mol. The van der Waals surface area contributed by atoms with Crippen molar-refractivity contribution in [1.29, 1.82) is 0 Å². The molecule has 148 valence electrons. The molecule has 0 atom stereocenters. The SMILES string of the molecule is CCC[NH-].[Cl-].[Cl-].[Hf+4].c1ccc([Si]c2ccccc2)cc1.c1ccc2[cH-]ccc2c1. The first-order valence-corrected chi connectivity index (χ1v) is 9.95. The minimum absolute atomic E-state index is 0. The molecule has 4 rings (SSSR count). The average Bonchev–Trinajstić information content (AvgIpc) is 3.19. The summed E-state index contributed by atoms with van der Waals surface area (Å²) in [6.45, 7) is 2.56. The Bertz CT molecular complexity index is 785. The van der Waals surface area contributed by atoms with E-state index in [9.17, 15) is 0 Å². The van der Waals surface area contributed by atoms with E-state index in [1.54, 1.807) is 0 Å². The van der Waals surface area contributed by atoms with Crippen LogP contribution in [0.15, 0.2) is 103 Å². The number of halogens is 2. The van der Waals surface area contributed by atoms with E-state index >= 15 is 0 Å². The predicted octanol–water partition coefficient (Wildman–Crippen LogP) is -0.646. The number of fused-ring (bicyclic) bond motifs is 1. The van der Waals surface area contributed by atoms with Gasteiger partial charge in [0.1, 0.15) is 9.52 Å². The summed E-state index contributed by atoms with van der Waals surface area (Å²) >= 11 is 0. The van der Waals surface area contributed by atoms with Gasteiger partial charge in [-0.3, -0.25) is 0 Å². The van der Waals surface area contributed by atoms with Gasteiger partial charge < -0.3 is 30.5 Å². The van der Waals surface area contributed by atoms with E-state index < -0.39 is 0 Å². The summed E-state index contributed by atoms with van der Waals surface area (Å²) in [7, 11) is 0.777. The van der Waals surface area contributed by atoms with Crippen molar-refractivity contribution in [3.05, 3.63) is 109 Å². The first-order valence-electron chi connectivity index (χ1n) is 8.95. The molecule has 0 unspecified atom stereocenters. The third-order valence-electron chi connectivity index (χ3n) is 3.63. The average molecular weight is 605 g/mol. The van der Waals surface area contributed by atoms with Crippen LogP contribution in [0.25, 0.3) is 16.5 Å². The van der Waals surface area contributed by atoms with Gasteiger partial charge in [0.25, 0.3) is 0 Å². The Morgan fingerprint density at radius 3 is 1.62 bits per heavy atom. The summed E-state index contributed by atoms with van der Waals surface area (Å²) in [6.07, 6.45) is 0.986. The largest absolute Gasteiger partial charge is 4.00 e. The number of nitrogens with one attached hydrogen (secondary N) is 1. The van der Waals surface area contributed by atoms with Crippen LogP contribution in [0.5, 0.6) is 0 Å². The second-order valence-electron chi connectivity index (χ2n) is 5.76. The number of benzene rings is 3. The molecule has 0 aliphatic heterocycles. The molecule has 4 aromatic carbocycles. The van der Waals surface area contributed by atoms with Crippen LogP contribution in [0.3, 0.4) is 0 Å². The normalized spacial score (nSPS) is 8.62. The molecule has 4 aromatic rings. The molecule has 0 aliphatic rings. The van der Waals surface area contributed by atoms with Gasteiger partial charge in [-0.1, -0.05) is 90.4 Å². The van der Waals surface area contributed by atoms with Gasteiger partial charge >= 0.3 is 25.8 Å². The molecule has 0 heterocycles. The van der Waals surface area contributed by atoms with Gasteiger partial charge in [0.15, 0.2) is 0 Å². The topological polar surface area (TPSA) is 23.8 Å². The fourth-order valence-electron chi connectivity index (χ4n) is 2.28. The zero-order chi connectivity index (χ0) is 18.5. The van der Waals surface area contributed by atoms with Gasteiger partial charge in [0.05, 0.1) is 0 Å². The van der Waals surface area contributed by atoms with Crippen LogP contribution in [-0.4, -0.2) is 16.1 Å². The third kappa shape index (κ3) is 12.2. The van der Waals surface area contributed by atoms with E-state index in [4.69, 9.17) is 5.73 Å². The molecular formula is C24H25Cl2HfNSi. The number of hydrogen-bond acceptors (Lipinski definition) is 0. The summed E-state index contributed by atoms with van der Waals surface area (Å²) in [4.78, 5) is 0. The van der Waals surface area contributed by atoms with Crippen molar-refractivity contribution >= 4 is 30.7 Å². The van der Waals surface area contributed by atoms with Crippen LogP contribution in [0.1, 0.15) is 13.3 Å². The molecule has 5 heteroatoms. The summed E-state index contributed by atoms with van der Waals surface area (Å²) in [5.74, 6) is 0. The van der Waals surface area contributed by atoms with Crippen LogP contribution in [0, 0.1) is 0 Å². The molecule has 1 N–H and O–H groups in total. The van der Waals surface area contributed by atoms with Gasteiger partial charge in [0, 0.05) is 0 Å². The Morgan fingerprint density at radius 1 is 0.724 bits per heavy atom. The molecule has 0 fully saturated rings.